The molecule has 3 atom stereocenters. The summed E-state index contributed by atoms with van der Waals surface area (Å²) >= 11 is 0. The van der Waals surface area contributed by atoms with Crippen LogP contribution < -0.4 is 11.1 Å². The molecule has 2 bridgehead atoms. The predicted molar refractivity (Wildman–Crippen MR) is 66.9 cm³/mol. The molecular weight excluding hydrogens is 212 g/mol. The van der Waals surface area contributed by atoms with Crippen LogP contribution in [0.4, 0.5) is 0 Å². The fourth-order valence-electron chi connectivity index (χ4n) is 3.28. The fourth-order valence-corrected chi connectivity index (χ4v) is 3.28. The summed E-state index contributed by atoms with van der Waals surface area (Å²) < 4.78 is 0. The van der Waals surface area contributed by atoms with Gasteiger partial charge in [-0.15, -0.1) is 0 Å². The maximum Gasteiger partial charge on any atom is 0.248 e. The molecule has 3 rings (SSSR count). The Labute approximate surface area is 101 Å². The first-order valence-electron chi connectivity index (χ1n) is 6.38. The lowest BCUT2D eigenvalue weighted by atomic mass is 9.85. The Balaban J connectivity index is 1.84. The first-order chi connectivity index (χ1) is 8.22. The van der Waals surface area contributed by atoms with Crippen LogP contribution >= 0.6 is 0 Å². The zero-order valence-corrected chi connectivity index (χ0v) is 9.86. The van der Waals surface area contributed by atoms with Crippen molar-refractivity contribution >= 4 is 5.91 Å². The van der Waals surface area contributed by atoms with Crippen LogP contribution in [0.3, 0.4) is 0 Å². The van der Waals surface area contributed by atoms with Crippen LogP contribution in [0.5, 0.6) is 0 Å². The van der Waals surface area contributed by atoms with Crippen molar-refractivity contribution in [3.63, 3.8) is 0 Å². The summed E-state index contributed by atoms with van der Waals surface area (Å²) in [7, 11) is 0. The van der Waals surface area contributed by atoms with E-state index in [1.807, 2.05) is 12.1 Å². The average molecular weight is 230 g/mol. The summed E-state index contributed by atoms with van der Waals surface area (Å²) in [6, 6.07) is 9.19. The van der Waals surface area contributed by atoms with E-state index in [4.69, 9.17) is 5.73 Å². The molecule has 3 heteroatoms. The van der Waals surface area contributed by atoms with Gasteiger partial charge >= 0.3 is 0 Å². The standard InChI is InChI=1S/C14H18N2O/c15-14(17)10-3-1-2-9(6-10)11-7-12-4-5-13(8-11)16-12/h1-3,6,11-13,16H,4-5,7-8H2,(H2,15,17)/t11?,12-,13?/m0/s1. The Kier molecular flexibility index (Phi) is 2.63. The molecule has 0 saturated carbocycles. The number of piperidine rings is 1. The van der Waals surface area contributed by atoms with Gasteiger partial charge in [0.05, 0.1) is 0 Å². The molecule has 1 aromatic carbocycles. The predicted octanol–water partition coefficient (Wildman–Crippen LogP) is 1.78. The van der Waals surface area contributed by atoms with Crippen LogP contribution in [0.25, 0.3) is 0 Å². The number of nitrogens with one attached hydrogen (secondary N) is 1. The molecule has 3 N–H and O–H groups in total. The van der Waals surface area contributed by atoms with Crippen molar-refractivity contribution in [1.29, 1.82) is 0 Å². The second kappa shape index (κ2) is 4.15. The molecular formula is C14H18N2O. The van der Waals surface area contributed by atoms with Crippen LogP contribution in [-0.2, 0) is 0 Å². The van der Waals surface area contributed by atoms with E-state index in [1.54, 1.807) is 6.07 Å². The molecule has 0 spiro atoms. The number of hydrogen-bond donors (Lipinski definition) is 2. The molecule has 0 aliphatic carbocycles. The molecule has 1 aromatic rings. The van der Waals surface area contributed by atoms with E-state index in [0.717, 1.165) is 0 Å². The van der Waals surface area contributed by atoms with Gasteiger partial charge in [0.1, 0.15) is 0 Å². The van der Waals surface area contributed by atoms with E-state index in [2.05, 4.69) is 11.4 Å². The minimum Gasteiger partial charge on any atom is -0.366 e. The quantitative estimate of drug-likeness (QED) is 0.813. The van der Waals surface area contributed by atoms with Crippen molar-refractivity contribution in [2.24, 2.45) is 5.73 Å². The van der Waals surface area contributed by atoms with Crippen molar-refractivity contribution in [3.05, 3.63) is 35.4 Å². The van der Waals surface area contributed by atoms with E-state index in [0.29, 0.717) is 23.6 Å². The minimum atomic E-state index is -0.330. The highest BCUT2D eigenvalue weighted by atomic mass is 16.1. The second-order valence-electron chi connectivity index (χ2n) is 5.30. The summed E-state index contributed by atoms with van der Waals surface area (Å²) in [6.45, 7) is 0. The number of carbonyl (C=O) groups is 1. The summed E-state index contributed by atoms with van der Waals surface area (Å²) in [5.41, 5.74) is 7.24. The average Bonchev–Trinajstić information content (AvgIpc) is 2.68. The lowest BCUT2D eigenvalue weighted by Gasteiger charge is -2.29. The van der Waals surface area contributed by atoms with Crippen molar-refractivity contribution < 1.29 is 4.79 Å². The van der Waals surface area contributed by atoms with Gasteiger partial charge in [-0.3, -0.25) is 4.79 Å². The molecule has 2 aliphatic rings. The van der Waals surface area contributed by atoms with Gasteiger partial charge in [0, 0.05) is 17.6 Å². The Morgan fingerprint density at radius 3 is 2.59 bits per heavy atom. The molecule has 2 unspecified atom stereocenters. The summed E-state index contributed by atoms with van der Waals surface area (Å²) in [5.74, 6) is 0.261. The van der Waals surface area contributed by atoms with Gasteiger partial charge in [-0.1, -0.05) is 12.1 Å². The first-order valence-corrected chi connectivity index (χ1v) is 6.38. The Hall–Kier alpha value is -1.35. The zero-order chi connectivity index (χ0) is 11.8. The second-order valence-corrected chi connectivity index (χ2v) is 5.30. The number of rotatable bonds is 2. The van der Waals surface area contributed by atoms with Crippen molar-refractivity contribution in [3.8, 4) is 0 Å². The molecule has 2 fully saturated rings. The number of fused-ring (bicyclic) bond motifs is 2. The normalized spacial score (nSPS) is 31.4. The summed E-state index contributed by atoms with van der Waals surface area (Å²) in [4.78, 5) is 11.2. The lowest BCUT2D eigenvalue weighted by molar-refractivity contribution is 0.1000. The van der Waals surface area contributed by atoms with Crippen LogP contribution in [-0.4, -0.2) is 18.0 Å². The number of amides is 1. The highest BCUT2D eigenvalue weighted by molar-refractivity contribution is 5.92. The smallest absolute Gasteiger partial charge is 0.248 e. The summed E-state index contributed by atoms with van der Waals surface area (Å²) in [6.07, 6.45) is 4.99. The van der Waals surface area contributed by atoms with Gasteiger partial charge < -0.3 is 11.1 Å². The topological polar surface area (TPSA) is 55.1 Å². The highest BCUT2D eigenvalue weighted by Crippen LogP contribution is 2.37. The Bertz CT molecular complexity index is 432. The van der Waals surface area contributed by atoms with Crippen molar-refractivity contribution in [2.45, 2.75) is 43.7 Å². The van der Waals surface area contributed by atoms with Gasteiger partial charge in [-0.05, 0) is 49.3 Å². The third-order valence-corrected chi connectivity index (χ3v) is 4.12. The molecule has 90 valence electrons. The van der Waals surface area contributed by atoms with Gasteiger partial charge in [0.25, 0.3) is 0 Å². The Morgan fingerprint density at radius 2 is 1.94 bits per heavy atom. The number of hydrogen-bond acceptors (Lipinski definition) is 2. The van der Waals surface area contributed by atoms with Crippen molar-refractivity contribution in [2.75, 3.05) is 0 Å². The molecule has 1 amide bonds. The minimum absolute atomic E-state index is 0.330. The lowest BCUT2D eigenvalue weighted by Crippen LogP contribution is -2.37. The van der Waals surface area contributed by atoms with Crippen LogP contribution in [0.2, 0.25) is 0 Å². The maximum atomic E-state index is 11.2. The monoisotopic (exact) mass is 230 g/mol. The van der Waals surface area contributed by atoms with Gasteiger partial charge in [-0.25, -0.2) is 0 Å². The van der Waals surface area contributed by atoms with Crippen LogP contribution in [0.1, 0.15) is 47.5 Å². The van der Waals surface area contributed by atoms with E-state index in [9.17, 15) is 4.79 Å². The molecule has 2 heterocycles. The fraction of sp³-hybridized carbons (Fsp3) is 0.500. The highest BCUT2D eigenvalue weighted by Gasteiger charge is 2.33. The number of benzene rings is 1. The van der Waals surface area contributed by atoms with Crippen LogP contribution in [0, 0.1) is 0 Å². The molecule has 0 aromatic heterocycles. The largest absolute Gasteiger partial charge is 0.366 e. The molecule has 17 heavy (non-hydrogen) atoms. The van der Waals surface area contributed by atoms with Gasteiger partial charge in [0.2, 0.25) is 5.91 Å². The van der Waals surface area contributed by atoms with Crippen LogP contribution in [0.15, 0.2) is 24.3 Å². The van der Waals surface area contributed by atoms with Gasteiger partial charge in [0.15, 0.2) is 0 Å². The molecule has 2 aliphatic heterocycles. The number of carbonyl (C=O) groups excluding carboxylic acids is 1. The van der Waals surface area contributed by atoms with Crippen molar-refractivity contribution in [1.82, 2.24) is 5.32 Å². The third-order valence-electron chi connectivity index (χ3n) is 4.12. The van der Waals surface area contributed by atoms with E-state index < -0.39 is 0 Å². The maximum absolute atomic E-state index is 11.2. The van der Waals surface area contributed by atoms with E-state index >= 15 is 0 Å². The van der Waals surface area contributed by atoms with E-state index in [1.165, 1.54) is 31.2 Å². The SMILES string of the molecule is NC(=O)c1cccc(C2CC3CC[C@@H](C2)N3)c1. The molecule has 0 radical (unpaired) electrons. The zero-order valence-electron chi connectivity index (χ0n) is 9.86. The molecule has 3 nitrogen and oxygen atoms in total. The third kappa shape index (κ3) is 2.07. The summed E-state index contributed by atoms with van der Waals surface area (Å²) in [5, 5.41) is 3.64. The molecule has 2 saturated heterocycles. The van der Waals surface area contributed by atoms with E-state index in [-0.39, 0.29) is 5.91 Å². The van der Waals surface area contributed by atoms with Gasteiger partial charge in [-0.2, -0.15) is 0 Å². The number of primary amides is 1. The Morgan fingerprint density at radius 1 is 1.24 bits per heavy atom. The number of nitrogens with two attached hydrogens (primary N) is 1. The first kappa shape index (κ1) is 10.8.